The van der Waals surface area contributed by atoms with Crippen LogP contribution in [-0.2, 0) is 13.1 Å². The molecular weight excluding hydrogens is 268 g/mol. The molecule has 3 N–H and O–H groups in total. The average molecular weight is 290 g/mol. The van der Waals surface area contributed by atoms with Crippen molar-refractivity contribution in [1.82, 2.24) is 19.7 Å². The van der Waals surface area contributed by atoms with E-state index in [9.17, 15) is 0 Å². The zero-order valence-corrected chi connectivity index (χ0v) is 12.7. The summed E-state index contributed by atoms with van der Waals surface area (Å²) in [5.41, 5.74) is 6.41. The molecule has 0 aromatic carbocycles. The van der Waals surface area contributed by atoms with Crippen molar-refractivity contribution in [1.29, 1.82) is 0 Å². The SMILES string of the molecule is CCn1cnnc1CNc1ccc(N)c(OCC(C)C)n1. The molecular formula is C14H22N6O. The molecule has 0 bridgehead atoms. The van der Waals surface area contributed by atoms with Gasteiger partial charge in [0.2, 0.25) is 5.88 Å². The number of nitrogens with one attached hydrogen (secondary N) is 1. The lowest BCUT2D eigenvalue weighted by Gasteiger charge is -2.12. The van der Waals surface area contributed by atoms with Gasteiger partial charge in [-0.25, -0.2) is 0 Å². The van der Waals surface area contributed by atoms with Crippen molar-refractivity contribution >= 4 is 11.5 Å². The standard InChI is InChI=1S/C14H22N6O/c1-4-20-9-17-19-13(20)7-16-12-6-5-11(15)14(18-12)21-8-10(2)3/h5-6,9-10H,4,7-8,15H2,1-3H3,(H,16,18). The average Bonchev–Trinajstić information content (AvgIpc) is 2.92. The molecule has 0 spiro atoms. The molecule has 21 heavy (non-hydrogen) atoms. The number of aromatic nitrogens is 4. The maximum atomic E-state index is 5.87. The van der Waals surface area contributed by atoms with E-state index in [0.717, 1.165) is 12.4 Å². The fourth-order valence-corrected chi connectivity index (χ4v) is 1.76. The van der Waals surface area contributed by atoms with Gasteiger partial charge in [0.15, 0.2) is 5.82 Å². The molecule has 7 heteroatoms. The van der Waals surface area contributed by atoms with Gasteiger partial charge in [-0.15, -0.1) is 10.2 Å². The van der Waals surface area contributed by atoms with Crippen LogP contribution in [-0.4, -0.2) is 26.4 Å². The van der Waals surface area contributed by atoms with Crippen molar-refractivity contribution in [2.45, 2.75) is 33.9 Å². The normalized spacial score (nSPS) is 10.9. The molecule has 114 valence electrons. The number of nitrogen functional groups attached to an aromatic ring is 1. The Kier molecular flexibility index (Phi) is 4.97. The molecule has 0 fully saturated rings. The lowest BCUT2D eigenvalue weighted by atomic mass is 10.2. The van der Waals surface area contributed by atoms with Crippen molar-refractivity contribution < 1.29 is 4.74 Å². The molecule has 0 atom stereocenters. The zero-order valence-electron chi connectivity index (χ0n) is 12.7. The minimum atomic E-state index is 0.422. The minimum absolute atomic E-state index is 0.422. The van der Waals surface area contributed by atoms with Gasteiger partial charge in [0, 0.05) is 6.54 Å². The maximum absolute atomic E-state index is 5.87. The van der Waals surface area contributed by atoms with E-state index in [1.165, 1.54) is 0 Å². The first-order valence-electron chi connectivity index (χ1n) is 7.10. The molecule has 0 aliphatic heterocycles. The van der Waals surface area contributed by atoms with Gasteiger partial charge in [0.05, 0.1) is 18.8 Å². The molecule has 0 saturated heterocycles. The fourth-order valence-electron chi connectivity index (χ4n) is 1.76. The number of nitrogens with two attached hydrogens (primary N) is 1. The lowest BCUT2D eigenvalue weighted by molar-refractivity contribution is 0.263. The Morgan fingerprint density at radius 3 is 2.90 bits per heavy atom. The van der Waals surface area contributed by atoms with Crippen LogP contribution in [0.1, 0.15) is 26.6 Å². The first-order valence-corrected chi connectivity index (χ1v) is 7.10. The van der Waals surface area contributed by atoms with Gasteiger partial charge in [-0.05, 0) is 25.0 Å². The summed E-state index contributed by atoms with van der Waals surface area (Å²) in [4.78, 5) is 4.38. The number of aryl methyl sites for hydroxylation is 1. The van der Waals surface area contributed by atoms with Crippen LogP contribution in [0.3, 0.4) is 0 Å². The highest BCUT2D eigenvalue weighted by Crippen LogP contribution is 2.21. The summed E-state index contributed by atoms with van der Waals surface area (Å²) in [5, 5.41) is 11.2. The highest BCUT2D eigenvalue weighted by atomic mass is 16.5. The molecule has 0 aliphatic rings. The van der Waals surface area contributed by atoms with Crippen molar-refractivity contribution in [2.75, 3.05) is 17.7 Å². The maximum Gasteiger partial charge on any atom is 0.239 e. The van der Waals surface area contributed by atoms with Crippen LogP contribution < -0.4 is 15.8 Å². The number of rotatable bonds is 7. The van der Waals surface area contributed by atoms with Crippen molar-refractivity contribution in [3.8, 4) is 5.88 Å². The highest BCUT2D eigenvalue weighted by Gasteiger charge is 2.07. The zero-order chi connectivity index (χ0) is 15.2. The van der Waals surface area contributed by atoms with Gasteiger partial charge in [0.1, 0.15) is 12.1 Å². The largest absolute Gasteiger partial charge is 0.476 e. The number of anilines is 2. The van der Waals surface area contributed by atoms with Gasteiger partial charge >= 0.3 is 0 Å². The number of hydrogen-bond donors (Lipinski definition) is 2. The first kappa shape index (κ1) is 15.1. The Bertz CT molecular complexity index is 581. The molecule has 0 amide bonds. The highest BCUT2D eigenvalue weighted by molar-refractivity contribution is 5.53. The molecule has 0 unspecified atom stereocenters. The predicted molar refractivity (Wildman–Crippen MR) is 82.0 cm³/mol. The van der Waals surface area contributed by atoms with E-state index in [1.54, 1.807) is 12.4 Å². The minimum Gasteiger partial charge on any atom is -0.476 e. The van der Waals surface area contributed by atoms with E-state index in [4.69, 9.17) is 10.5 Å². The van der Waals surface area contributed by atoms with Crippen molar-refractivity contribution in [2.24, 2.45) is 5.92 Å². The van der Waals surface area contributed by atoms with Crippen LogP contribution in [0.2, 0.25) is 0 Å². The van der Waals surface area contributed by atoms with Gasteiger partial charge in [-0.2, -0.15) is 4.98 Å². The Hall–Kier alpha value is -2.31. The summed E-state index contributed by atoms with van der Waals surface area (Å²) in [7, 11) is 0. The van der Waals surface area contributed by atoms with Crippen LogP contribution in [0.4, 0.5) is 11.5 Å². The first-order chi connectivity index (χ1) is 10.1. The monoisotopic (exact) mass is 290 g/mol. The molecule has 0 radical (unpaired) electrons. The third-order valence-electron chi connectivity index (χ3n) is 2.91. The molecule has 2 heterocycles. The van der Waals surface area contributed by atoms with E-state index in [-0.39, 0.29) is 0 Å². The molecule has 2 rings (SSSR count). The smallest absolute Gasteiger partial charge is 0.239 e. The van der Waals surface area contributed by atoms with Crippen LogP contribution in [0, 0.1) is 5.92 Å². The Morgan fingerprint density at radius 2 is 2.19 bits per heavy atom. The van der Waals surface area contributed by atoms with E-state index >= 15 is 0 Å². The molecule has 2 aromatic rings. The molecule has 0 saturated carbocycles. The summed E-state index contributed by atoms with van der Waals surface area (Å²) in [5.74, 6) is 2.45. The lowest BCUT2D eigenvalue weighted by Crippen LogP contribution is -2.11. The van der Waals surface area contributed by atoms with Crippen LogP contribution in [0.15, 0.2) is 18.5 Å². The predicted octanol–water partition coefficient (Wildman–Crippen LogP) is 1.92. The quantitative estimate of drug-likeness (QED) is 0.809. The van der Waals surface area contributed by atoms with Crippen LogP contribution in [0.5, 0.6) is 5.88 Å². The second-order valence-electron chi connectivity index (χ2n) is 5.18. The summed E-state index contributed by atoms with van der Waals surface area (Å²) >= 11 is 0. The third kappa shape index (κ3) is 4.08. The molecule has 7 nitrogen and oxygen atoms in total. The number of pyridine rings is 1. The Labute approximate surface area is 124 Å². The van der Waals surface area contributed by atoms with E-state index in [1.807, 2.05) is 17.6 Å². The second-order valence-corrected chi connectivity index (χ2v) is 5.18. The van der Waals surface area contributed by atoms with E-state index in [0.29, 0.717) is 36.5 Å². The molecule has 2 aromatic heterocycles. The number of ether oxygens (including phenoxy) is 1. The van der Waals surface area contributed by atoms with Gasteiger partial charge in [0.25, 0.3) is 0 Å². The second kappa shape index (κ2) is 6.92. The van der Waals surface area contributed by atoms with Crippen molar-refractivity contribution in [3.63, 3.8) is 0 Å². The summed E-state index contributed by atoms with van der Waals surface area (Å²) in [6, 6.07) is 3.61. The number of hydrogen-bond acceptors (Lipinski definition) is 6. The summed E-state index contributed by atoms with van der Waals surface area (Å²) < 4.78 is 7.58. The van der Waals surface area contributed by atoms with Gasteiger partial charge < -0.3 is 20.4 Å². The van der Waals surface area contributed by atoms with Crippen LogP contribution >= 0.6 is 0 Å². The summed E-state index contributed by atoms with van der Waals surface area (Å²) in [6.45, 7) is 8.18. The third-order valence-corrected chi connectivity index (χ3v) is 2.91. The van der Waals surface area contributed by atoms with E-state index in [2.05, 4.69) is 34.3 Å². The fraction of sp³-hybridized carbons (Fsp3) is 0.500. The van der Waals surface area contributed by atoms with E-state index < -0.39 is 0 Å². The van der Waals surface area contributed by atoms with Gasteiger partial charge in [-0.1, -0.05) is 13.8 Å². The topological polar surface area (TPSA) is 90.9 Å². The Balaban J connectivity index is 2.01. The van der Waals surface area contributed by atoms with Gasteiger partial charge in [-0.3, -0.25) is 0 Å². The van der Waals surface area contributed by atoms with Crippen LogP contribution in [0.25, 0.3) is 0 Å². The number of nitrogens with zero attached hydrogens (tertiary/aromatic N) is 4. The van der Waals surface area contributed by atoms with Crippen molar-refractivity contribution in [3.05, 3.63) is 24.3 Å². The Morgan fingerprint density at radius 1 is 1.38 bits per heavy atom. The molecule has 0 aliphatic carbocycles. The summed E-state index contributed by atoms with van der Waals surface area (Å²) in [6.07, 6.45) is 1.71.